The van der Waals surface area contributed by atoms with Gasteiger partial charge in [0.25, 0.3) is 11.6 Å². The fourth-order valence-electron chi connectivity index (χ4n) is 1.78. The van der Waals surface area contributed by atoms with E-state index in [0.717, 1.165) is 0 Å². The Hall–Kier alpha value is -2.15. The lowest BCUT2D eigenvalue weighted by Crippen LogP contribution is -2.47. The smallest absolute Gasteiger partial charge is 0.273 e. The van der Waals surface area contributed by atoms with Crippen LogP contribution in [-0.4, -0.2) is 34.7 Å². The summed E-state index contributed by atoms with van der Waals surface area (Å²) in [5.74, 6) is -0.0704. The fourth-order valence-corrected chi connectivity index (χ4v) is 1.78. The van der Waals surface area contributed by atoms with E-state index in [-0.39, 0.29) is 30.6 Å². The van der Waals surface area contributed by atoms with E-state index in [1.807, 2.05) is 13.8 Å². The van der Waals surface area contributed by atoms with Gasteiger partial charge in [0.15, 0.2) is 6.61 Å². The number of carbonyl (C=O) groups is 1. The average Bonchev–Trinajstić information content (AvgIpc) is 2.45. The van der Waals surface area contributed by atoms with Gasteiger partial charge in [-0.05, 0) is 25.8 Å². The van der Waals surface area contributed by atoms with Crippen molar-refractivity contribution in [1.29, 1.82) is 0 Å². The number of hydrogen-bond acceptors (Lipinski definition) is 5. The number of benzene rings is 1. The largest absolute Gasteiger partial charge is 0.484 e. The number of rotatable bonds is 8. The van der Waals surface area contributed by atoms with Gasteiger partial charge in [-0.15, -0.1) is 0 Å². The molecule has 116 valence electrons. The Morgan fingerprint density at radius 3 is 2.81 bits per heavy atom. The van der Waals surface area contributed by atoms with Crippen molar-refractivity contribution in [3.05, 3.63) is 34.4 Å². The molecule has 0 heterocycles. The van der Waals surface area contributed by atoms with Gasteiger partial charge in [-0.25, -0.2) is 0 Å². The van der Waals surface area contributed by atoms with E-state index in [9.17, 15) is 14.9 Å². The minimum absolute atomic E-state index is 0.0175. The molecule has 1 aromatic carbocycles. The molecule has 0 saturated carbocycles. The molecular formula is C14H20N2O5. The third-order valence-corrected chi connectivity index (χ3v) is 3.28. The van der Waals surface area contributed by atoms with Crippen molar-refractivity contribution in [3.63, 3.8) is 0 Å². The van der Waals surface area contributed by atoms with Crippen molar-refractivity contribution in [2.24, 2.45) is 0 Å². The summed E-state index contributed by atoms with van der Waals surface area (Å²) in [4.78, 5) is 21.9. The average molecular weight is 296 g/mol. The van der Waals surface area contributed by atoms with Gasteiger partial charge < -0.3 is 15.2 Å². The normalized spacial score (nSPS) is 13.3. The predicted octanol–water partition coefficient (Wildman–Crippen LogP) is 1.64. The van der Waals surface area contributed by atoms with Crippen molar-refractivity contribution in [3.8, 4) is 5.75 Å². The molecule has 0 aliphatic heterocycles. The Kier molecular flexibility index (Phi) is 6.10. The Bertz CT molecular complexity index is 506. The number of carbonyl (C=O) groups excluding carboxylic acids is 1. The summed E-state index contributed by atoms with van der Waals surface area (Å²) in [6.07, 6.45) is 1.13. The van der Waals surface area contributed by atoms with E-state index < -0.39 is 10.5 Å². The molecule has 1 rings (SSSR count). The van der Waals surface area contributed by atoms with Crippen LogP contribution in [0.15, 0.2) is 24.3 Å². The maximum absolute atomic E-state index is 11.8. The molecule has 1 aromatic rings. The first-order valence-electron chi connectivity index (χ1n) is 6.69. The number of nitro groups is 1. The van der Waals surface area contributed by atoms with Crippen LogP contribution >= 0.6 is 0 Å². The van der Waals surface area contributed by atoms with E-state index >= 15 is 0 Å². The van der Waals surface area contributed by atoms with Gasteiger partial charge in [-0.3, -0.25) is 14.9 Å². The number of aliphatic hydroxyl groups excluding tert-OH is 1. The quantitative estimate of drug-likeness (QED) is 0.561. The first kappa shape index (κ1) is 16.9. The molecular weight excluding hydrogens is 276 g/mol. The zero-order chi connectivity index (χ0) is 15.9. The van der Waals surface area contributed by atoms with Crippen LogP contribution in [-0.2, 0) is 4.79 Å². The molecule has 7 nitrogen and oxygen atoms in total. The van der Waals surface area contributed by atoms with Crippen LogP contribution in [0.1, 0.15) is 26.7 Å². The summed E-state index contributed by atoms with van der Waals surface area (Å²) in [7, 11) is 0. The number of ether oxygens (including phenoxy) is 1. The summed E-state index contributed by atoms with van der Waals surface area (Å²) in [6, 6.07) is 5.66. The molecule has 0 bridgehead atoms. The summed E-state index contributed by atoms with van der Waals surface area (Å²) in [5.41, 5.74) is -0.579. The molecule has 0 aliphatic rings. The number of amides is 1. The highest BCUT2D eigenvalue weighted by Gasteiger charge is 2.23. The van der Waals surface area contributed by atoms with E-state index in [0.29, 0.717) is 12.8 Å². The maximum Gasteiger partial charge on any atom is 0.273 e. The molecule has 0 aliphatic carbocycles. The van der Waals surface area contributed by atoms with E-state index in [2.05, 4.69) is 5.32 Å². The van der Waals surface area contributed by atoms with Crippen molar-refractivity contribution in [2.75, 3.05) is 13.2 Å². The van der Waals surface area contributed by atoms with Gasteiger partial charge in [-0.1, -0.05) is 13.0 Å². The second kappa shape index (κ2) is 7.58. The molecule has 7 heteroatoms. The van der Waals surface area contributed by atoms with Crippen LogP contribution in [0.2, 0.25) is 0 Å². The topological polar surface area (TPSA) is 102 Å². The number of nitro benzene ring substituents is 1. The number of aliphatic hydroxyl groups is 1. The highest BCUT2D eigenvalue weighted by Crippen LogP contribution is 2.19. The SMILES string of the molecule is CCC(C)(CCO)NC(=O)COc1cccc([N+](=O)[O-])c1. The first-order valence-corrected chi connectivity index (χ1v) is 6.69. The molecule has 1 amide bonds. The van der Waals surface area contributed by atoms with Crippen LogP contribution in [0.3, 0.4) is 0 Å². The van der Waals surface area contributed by atoms with Crippen LogP contribution in [0.5, 0.6) is 5.75 Å². The van der Waals surface area contributed by atoms with Crippen LogP contribution in [0, 0.1) is 10.1 Å². The van der Waals surface area contributed by atoms with E-state index in [1.165, 1.54) is 18.2 Å². The molecule has 0 saturated heterocycles. The Balaban J connectivity index is 2.57. The lowest BCUT2D eigenvalue weighted by Gasteiger charge is -2.28. The standard InChI is InChI=1S/C14H20N2O5/c1-3-14(2,7-8-17)15-13(18)10-21-12-6-4-5-11(9-12)16(19)20/h4-6,9,17H,3,7-8,10H2,1-2H3,(H,15,18). The number of nitrogens with one attached hydrogen (secondary N) is 1. The summed E-state index contributed by atoms with van der Waals surface area (Å²) < 4.78 is 5.25. The van der Waals surface area contributed by atoms with Crippen molar-refractivity contribution < 1.29 is 19.6 Å². The van der Waals surface area contributed by atoms with Crippen molar-refractivity contribution in [2.45, 2.75) is 32.2 Å². The molecule has 0 spiro atoms. The first-order chi connectivity index (χ1) is 9.90. The second-order valence-electron chi connectivity index (χ2n) is 4.98. The van der Waals surface area contributed by atoms with Gasteiger partial charge in [0, 0.05) is 18.2 Å². The Morgan fingerprint density at radius 1 is 1.52 bits per heavy atom. The predicted molar refractivity (Wildman–Crippen MR) is 77.1 cm³/mol. The van der Waals surface area contributed by atoms with Gasteiger partial charge in [-0.2, -0.15) is 0 Å². The third kappa shape index (κ3) is 5.39. The van der Waals surface area contributed by atoms with E-state index in [4.69, 9.17) is 9.84 Å². The zero-order valence-corrected chi connectivity index (χ0v) is 12.2. The highest BCUT2D eigenvalue weighted by molar-refractivity contribution is 5.78. The van der Waals surface area contributed by atoms with E-state index in [1.54, 1.807) is 6.07 Å². The number of nitrogens with zero attached hydrogens (tertiary/aromatic N) is 1. The summed E-state index contributed by atoms with van der Waals surface area (Å²) in [6.45, 7) is 3.50. The Morgan fingerprint density at radius 2 is 2.24 bits per heavy atom. The van der Waals surface area contributed by atoms with Crippen molar-refractivity contribution in [1.82, 2.24) is 5.32 Å². The highest BCUT2D eigenvalue weighted by atomic mass is 16.6. The minimum atomic E-state index is -0.525. The number of hydrogen-bond donors (Lipinski definition) is 2. The molecule has 21 heavy (non-hydrogen) atoms. The molecule has 1 atom stereocenters. The molecule has 0 fully saturated rings. The molecule has 0 aromatic heterocycles. The molecule has 2 N–H and O–H groups in total. The lowest BCUT2D eigenvalue weighted by atomic mass is 9.95. The zero-order valence-electron chi connectivity index (χ0n) is 12.2. The summed E-state index contributed by atoms with van der Waals surface area (Å²) in [5, 5.41) is 22.4. The summed E-state index contributed by atoms with van der Waals surface area (Å²) >= 11 is 0. The third-order valence-electron chi connectivity index (χ3n) is 3.28. The molecule has 0 radical (unpaired) electrons. The second-order valence-corrected chi connectivity index (χ2v) is 4.98. The van der Waals surface area contributed by atoms with Gasteiger partial charge >= 0.3 is 0 Å². The minimum Gasteiger partial charge on any atom is -0.484 e. The van der Waals surface area contributed by atoms with Gasteiger partial charge in [0.1, 0.15) is 5.75 Å². The van der Waals surface area contributed by atoms with Crippen molar-refractivity contribution >= 4 is 11.6 Å². The maximum atomic E-state index is 11.8. The van der Waals surface area contributed by atoms with Crippen LogP contribution in [0.25, 0.3) is 0 Å². The van der Waals surface area contributed by atoms with Gasteiger partial charge in [0.05, 0.1) is 11.0 Å². The number of non-ortho nitro benzene ring substituents is 1. The Labute approximate surface area is 123 Å². The van der Waals surface area contributed by atoms with Crippen LogP contribution in [0.4, 0.5) is 5.69 Å². The molecule has 1 unspecified atom stereocenters. The van der Waals surface area contributed by atoms with Gasteiger partial charge in [0.2, 0.25) is 0 Å². The monoisotopic (exact) mass is 296 g/mol. The lowest BCUT2D eigenvalue weighted by molar-refractivity contribution is -0.384. The van der Waals surface area contributed by atoms with Crippen LogP contribution < -0.4 is 10.1 Å². The fraction of sp³-hybridized carbons (Fsp3) is 0.500.